The van der Waals surface area contributed by atoms with Crippen molar-refractivity contribution in [3.05, 3.63) is 53.7 Å². The van der Waals surface area contributed by atoms with E-state index in [9.17, 15) is 9.59 Å². The SMILES string of the molecule is CCCCOc1ccc(C(=O)N2CC(c3nc(C4C=CC=NC4=O)no3)C2)cc1. The largest absolute Gasteiger partial charge is 0.494 e. The summed E-state index contributed by atoms with van der Waals surface area (Å²) >= 11 is 0. The van der Waals surface area contributed by atoms with Crippen molar-refractivity contribution in [3.63, 3.8) is 0 Å². The van der Waals surface area contributed by atoms with Crippen molar-refractivity contribution in [3.8, 4) is 5.75 Å². The fourth-order valence-corrected chi connectivity index (χ4v) is 3.19. The molecule has 3 heterocycles. The molecule has 0 spiro atoms. The van der Waals surface area contributed by atoms with Gasteiger partial charge in [0.2, 0.25) is 5.89 Å². The number of carbonyl (C=O) groups is 2. The van der Waals surface area contributed by atoms with Crippen LogP contribution in [0.5, 0.6) is 5.75 Å². The first kappa shape index (κ1) is 19.0. The molecule has 2 aliphatic rings. The van der Waals surface area contributed by atoms with Crippen molar-refractivity contribution in [1.82, 2.24) is 15.0 Å². The van der Waals surface area contributed by atoms with Crippen molar-refractivity contribution < 1.29 is 18.8 Å². The summed E-state index contributed by atoms with van der Waals surface area (Å²) in [6.07, 6.45) is 6.91. The van der Waals surface area contributed by atoms with Crippen LogP contribution in [-0.2, 0) is 4.79 Å². The highest BCUT2D eigenvalue weighted by atomic mass is 16.5. The Bertz CT molecular complexity index is 942. The Morgan fingerprint density at radius 1 is 1.28 bits per heavy atom. The quantitative estimate of drug-likeness (QED) is 0.670. The number of hydrogen-bond donors (Lipinski definition) is 0. The number of ether oxygens (including phenoxy) is 1. The second-order valence-corrected chi connectivity index (χ2v) is 7.10. The zero-order chi connectivity index (χ0) is 20.2. The third-order valence-electron chi connectivity index (χ3n) is 4.98. The third-order valence-corrected chi connectivity index (χ3v) is 4.98. The van der Waals surface area contributed by atoms with Gasteiger partial charge in [-0.2, -0.15) is 4.98 Å². The van der Waals surface area contributed by atoms with Crippen LogP contribution in [0.1, 0.15) is 53.7 Å². The minimum atomic E-state index is -0.603. The molecule has 2 amide bonds. The molecule has 2 aromatic rings. The van der Waals surface area contributed by atoms with Crippen LogP contribution in [-0.4, -0.2) is 52.8 Å². The van der Waals surface area contributed by atoms with Crippen molar-refractivity contribution in [1.29, 1.82) is 0 Å². The zero-order valence-corrected chi connectivity index (χ0v) is 16.2. The highest BCUT2D eigenvalue weighted by Gasteiger charge is 2.37. The van der Waals surface area contributed by atoms with Crippen LogP contribution in [0.25, 0.3) is 0 Å². The number of carbonyl (C=O) groups excluding carboxylic acids is 2. The van der Waals surface area contributed by atoms with Crippen LogP contribution in [0.2, 0.25) is 0 Å². The van der Waals surface area contributed by atoms with E-state index in [4.69, 9.17) is 9.26 Å². The number of likely N-dealkylation sites (tertiary alicyclic amines) is 1. The molecular formula is C21H22N4O4. The van der Waals surface area contributed by atoms with Crippen LogP contribution in [0.3, 0.4) is 0 Å². The van der Waals surface area contributed by atoms with Gasteiger partial charge in [-0.05, 0) is 36.8 Å². The molecule has 2 aliphatic heterocycles. The monoisotopic (exact) mass is 394 g/mol. The molecule has 0 bridgehead atoms. The molecule has 0 N–H and O–H groups in total. The summed E-state index contributed by atoms with van der Waals surface area (Å²) in [5.41, 5.74) is 0.619. The summed E-state index contributed by atoms with van der Waals surface area (Å²) in [5.74, 6) is 0.538. The maximum atomic E-state index is 12.6. The lowest BCUT2D eigenvalue weighted by atomic mass is 9.98. The molecule has 1 aromatic carbocycles. The fraction of sp³-hybridized carbons (Fsp3) is 0.381. The predicted octanol–water partition coefficient (Wildman–Crippen LogP) is 2.74. The maximum Gasteiger partial charge on any atom is 0.260 e. The van der Waals surface area contributed by atoms with E-state index in [-0.39, 0.29) is 17.7 Å². The number of hydrogen-bond acceptors (Lipinski definition) is 6. The topological polar surface area (TPSA) is 97.9 Å². The summed E-state index contributed by atoms with van der Waals surface area (Å²) < 4.78 is 10.9. The molecule has 0 aliphatic carbocycles. The van der Waals surface area contributed by atoms with Gasteiger partial charge in [-0.15, -0.1) is 0 Å². The average Bonchev–Trinajstić information content (AvgIpc) is 3.17. The Balaban J connectivity index is 1.32. The van der Waals surface area contributed by atoms with Crippen LogP contribution >= 0.6 is 0 Å². The minimum absolute atomic E-state index is 0.0250. The Kier molecular flexibility index (Phi) is 5.50. The number of dihydropyridines is 1. The number of amides is 2. The summed E-state index contributed by atoms with van der Waals surface area (Å²) in [4.78, 5) is 34.3. The van der Waals surface area contributed by atoms with Gasteiger partial charge in [-0.25, -0.2) is 4.99 Å². The highest BCUT2D eigenvalue weighted by molar-refractivity contribution is 5.97. The van der Waals surface area contributed by atoms with Crippen molar-refractivity contribution in [2.24, 2.45) is 4.99 Å². The standard InChI is InChI=1S/C21H22N4O4/c1-2-3-11-28-16-8-6-14(7-9-16)21(27)25-12-15(13-25)20-23-18(24-29-20)17-5-4-10-22-19(17)26/h4-10,15,17H,2-3,11-13H2,1H3. The van der Waals surface area contributed by atoms with Crippen molar-refractivity contribution >= 4 is 18.0 Å². The molecule has 8 heteroatoms. The van der Waals surface area contributed by atoms with Crippen molar-refractivity contribution in [2.75, 3.05) is 19.7 Å². The summed E-state index contributed by atoms with van der Waals surface area (Å²) in [5, 5.41) is 3.91. The minimum Gasteiger partial charge on any atom is -0.494 e. The Morgan fingerprint density at radius 3 is 2.79 bits per heavy atom. The van der Waals surface area contributed by atoms with E-state index < -0.39 is 5.92 Å². The maximum absolute atomic E-state index is 12.6. The number of rotatable bonds is 7. The van der Waals surface area contributed by atoms with Gasteiger partial charge >= 0.3 is 0 Å². The number of aliphatic imine (C=N–C) groups is 1. The molecular weight excluding hydrogens is 372 g/mol. The molecule has 1 unspecified atom stereocenters. The van der Waals surface area contributed by atoms with Gasteiger partial charge in [-0.3, -0.25) is 9.59 Å². The van der Waals surface area contributed by atoms with Gasteiger partial charge in [0.05, 0.1) is 12.5 Å². The van der Waals surface area contributed by atoms with E-state index in [1.165, 1.54) is 6.21 Å². The molecule has 0 saturated carbocycles. The zero-order valence-electron chi connectivity index (χ0n) is 16.2. The highest BCUT2D eigenvalue weighted by Crippen LogP contribution is 2.29. The van der Waals surface area contributed by atoms with Gasteiger partial charge in [-0.1, -0.05) is 24.6 Å². The predicted molar refractivity (Wildman–Crippen MR) is 105 cm³/mol. The lowest BCUT2D eigenvalue weighted by Crippen LogP contribution is -2.48. The van der Waals surface area contributed by atoms with Crippen LogP contribution in [0, 0.1) is 0 Å². The molecule has 8 nitrogen and oxygen atoms in total. The van der Waals surface area contributed by atoms with E-state index in [2.05, 4.69) is 22.1 Å². The normalized spacial score (nSPS) is 18.7. The van der Waals surface area contributed by atoms with E-state index in [1.54, 1.807) is 29.2 Å². The third kappa shape index (κ3) is 4.11. The van der Waals surface area contributed by atoms with Gasteiger partial charge in [0.25, 0.3) is 11.8 Å². The van der Waals surface area contributed by atoms with Crippen LogP contribution in [0.15, 0.2) is 45.9 Å². The molecule has 1 atom stereocenters. The second-order valence-electron chi connectivity index (χ2n) is 7.10. The van der Waals surface area contributed by atoms with E-state index in [0.717, 1.165) is 18.6 Å². The first-order valence-electron chi connectivity index (χ1n) is 9.76. The summed E-state index contributed by atoms with van der Waals surface area (Å²) in [6, 6.07) is 7.20. The number of allylic oxidation sites excluding steroid dienone is 1. The molecule has 29 heavy (non-hydrogen) atoms. The number of benzene rings is 1. The van der Waals surface area contributed by atoms with Crippen LogP contribution in [0.4, 0.5) is 0 Å². The second kappa shape index (κ2) is 8.38. The average molecular weight is 394 g/mol. The Morgan fingerprint density at radius 2 is 2.07 bits per heavy atom. The van der Waals surface area contributed by atoms with Gasteiger partial charge in [0.15, 0.2) is 5.82 Å². The van der Waals surface area contributed by atoms with Gasteiger partial charge in [0, 0.05) is 24.9 Å². The van der Waals surface area contributed by atoms with Gasteiger partial charge in [0.1, 0.15) is 11.7 Å². The Labute approximate surface area is 168 Å². The molecule has 0 radical (unpaired) electrons. The first-order valence-corrected chi connectivity index (χ1v) is 9.76. The lowest BCUT2D eigenvalue weighted by Gasteiger charge is -2.37. The first-order chi connectivity index (χ1) is 14.2. The smallest absolute Gasteiger partial charge is 0.260 e. The molecule has 150 valence electrons. The van der Waals surface area contributed by atoms with E-state index in [1.807, 2.05) is 12.1 Å². The summed E-state index contributed by atoms with van der Waals surface area (Å²) in [7, 11) is 0. The molecule has 1 fully saturated rings. The number of aromatic nitrogens is 2. The lowest BCUT2D eigenvalue weighted by molar-refractivity contribution is -0.118. The molecule has 1 aromatic heterocycles. The Hall–Kier alpha value is -3.29. The van der Waals surface area contributed by atoms with Gasteiger partial charge < -0.3 is 14.2 Å². The number of unbranched alkanes of at least 4 members (excludes halogenated alkanes) is 1. The van der Waals surface area contributed by atoms with Crippen LogP contribution < -0.4 is 4.74 Å². The fourth-order valence-electron chi connectivity index (χ4n) is 3.19. The molecule has 1 saturated heterocycles. The van der Waals surface area contributed by atoms with E-state index >= 15 is 0 Å². The summed E-state index contributed by atoms with van der Waals surface area (Å²) in [6.45, 7) is 3.80. The van der Waals surface area contributed by atoms with Crippen molar-refractivity contribution in [2.45, 2.75) is 31.6 Å². The van der Waals surface area contributed by atoms with E-state index in [0.29, 0.717) is 37.0 Å². The number of nitrogens with zero attached hydrogens (tertiary/aromatic N) is 4. The molecule has 4 rings (SSSR count).